The Balaban J connectivity index is 1.78. The number of hydrogen-bond acceptors (Lipinski definition) is 3. The van der Waals surface area contributed by atoms with Crippen LogP contribution < -0.4 is 0 Å². The van der Waals surface area contributed by atoms with Crippen molar-refractivity contribution >= 4 is 22.9 Å². The highest BCUT2D eigenvalue weighted by atomic mass is 19.4. The summed E-state index contributed by atoms with van der Waals surface area (Å²) >= 11 is 0. The van der Waals surface area contributed by atoms with E-state index in [0.29, 0.717) is 16.8 Å². The van der Waals surface area contributed by atoms with Crippen LogP contribution in [0.25, 0.3) is 5.57 Å². The smallest absolute Gasteiger partial charge is 0.272 e. The molecule has 0 aromatic heterocycles. The summed E-state index contributed by atoms with van der Waals surface area (Å²) in [7, 11) is 0. The van der Waals surface area contributed by atoms with Crippen molar-refractivity contribution in [3.8, 4) is 0 Å². The van der Waals surface area contributed by atoms with Gasteiger partial charge in [0.1, 0.15) is 11.6 Å². The largest absolute Gasteiger partial charge is 0.416 e. The zero-order valence-electron chi connectivity index (χ0n) is 16.7. The molecule has 1 unspecified atom stereocenters. The van der Waals surface area contributed by atoms with E-state index in [4.69, 9.17) is 0 Å². The first-order valence-corrected chi connectivity index (χ1v) is 9.59. The summed E-state index contributed by atoms with van der Waals surface area (Å²) < 4.78 is 66.3. The lowest BCUT2D eigenvalue weighted by Crippen LogP contribution is -2.41. The van der Waals surface area contributed by atoms with Crippen molar-refractivity contribution in [2.24, 2.45) is 10.1 Å². The van der Waals surface area contributed by atoms with E-state index in [1.54, 1.807) is 19.1 Å². The van der Waals surface area contributed by atoms with Crippen LogP contribution in [-0.2, 0) is 11.0 Å². The molecule has 0 spiro atoms. The summed E-state index contributed by atoms with van der Waals surface area (Å²) in [5, 5.41) is 5.38. The highest BCUT2D eigenvalue weighted by Crippen LogP contribution is 2.30. The van der Waals surface area contributed by atoms with Crippen LogP contribution in [-0.4, -0.2) is 28.5 Å². The molecule has 0 fully saturated rings. The quantitative estimate of drug-likeness (QED) is 0.574. The molecule has 0 aliphatic carbocycles. The molecular weight excluding hydrogens is 429 g/mol. The SMILES string of the molecule is CC1=NN2C(=O)CC(c3ccc(C(F)(F)F)cc3)=NC2C=C(c2ccc(F)cc2F)C=C1. The van der Waals surface area contributed by atoms with Crippen molar-refractivity contribution in [3.05, 3.63) is 89.0 Å². The molecule has 0 saturated heterocycles. The number of alkyl halides is 3. The number of carbonyl (C=O) groups is 1. The van der Waals surface area contributed by atoms with E-state index in [1.165, 1.54) is 24.3 Å². The lowest BCUT2D eigenvalue weighted by Gasteiger charge is -2.29. The number of rotatable bonds is 2. The summed E-state index contributed by atoms with van der Waals surface area (Å²) in [4.78, 5) is 17.3. The second-order valence-corrected chi connectivity index (χ2v) is 7.30. The monoisotopic (exact) mass is 445 g/mol. The number of carbonyl (C=O) groups excluding carboxylic acids is 1. The van der Waals surface area contributed by atoms with Crippen LogP contribution in [0.2, 0.25) is 0 Å². The zero-order chi connectivity index (χ0) is 23.0. The summed E-state index contributed by atoms with van der Waals surface area (Å²) in [6, 6.07) is 7.51. The Labute approximate surface area is 180 Å². The molecule has 2 aromatic carbocycles. The number of fused-ring (bicyclic) bond motifs is 1. The number of allylic oxidation sites excluding steroid dienone is 3. The molecule has 0 bridgehead atoms. The molecule has 2 aliphatic rings. The third-order valence-electron chi connectivity index (χ3n) is 5.00. The fourth-order valence-corrected chi connectivity index (χ4v) is 3.42. The average Bonchev–Trinajstić information content (AvgIpc) is 2.71. The molecule has 0 radical (unpaired) electrons. The van der Waals surface area contributed by atoms with Gasteiger partial charge >= 0.3 is 6.18 Å². The number of halogens is 5. The maximum Gasteiger partial charge on any atom is 0.416 e. The molecule has 164 valence electrons. The Kier molecular flexibility index (Phi) is 5.50. The van der Waals surface area contributed by atoms with Gasteiger partial charge in [-0.25, -0.2) is 13.8 Å². The highest BCUT2D eigenvalue weighted by Gasteiger charge is 2.32. The molecule has 4 rings (SSSR count). The molecule has 0 N–H and O–H groups in total. The normalized spacial score (nSPS) is 18.9. The standard InChI is InChI=1S/C23H16F5N3O/c1-13-2-3-15(18-9-8-17(24)11-19(18)25)10-21-29-20(12-22(32)31(21)30-13)14-4-6-16(7-5-14)23(26,27)28/h2-11,21H,12H2,1H3. The predicted octanol–water partition coefficient (Wildman–Crippen LogP) is 5.36. The van der Waals surface area contributed by atoms with Crippen LogP contribution >= 0.6 is 0 Å². The van der Waals surface area contributed by atoms with Gasteiger partial charge in [-0.15, -0.1) is 0 Å². The van der Waals surface area contributed by atoms with Gasteiger partial charge in [-0.05, 0) is 54.5 Å². The molecule has 2 aromatic rings. The van der Waals surface area contributed by atoms with Gasteiger partial charge in [-0.2, -0.15) is 18.3 Å². The van der Waals surface area contributed by atoms with Gasteiger partial charge in [-0.3, -0.25) is 9.79 Å². The Morgan fingerprint density at radius 3 is 2.41 bits per heavy atom. The van der Waals surface area contributed by atoms with Crippen LogP contribution in [0.5, 0.6) is 0 Å². The fraction of sp³-hybridized carbons (Fsp3) is 0.174. The first-order chi connectivity index (χ1) is 15.1. The second kappa shape index (κ2) is 8.14. The number of aliphatic imine (C=N–C) groups is 1. The van der Waals surface area contributed by atoms with E-state index in [2.05, 4.69) is 10.1 Å². The molecule has 4 nitrogen and oxygen atoms in total. The number of benzene rings is 2. The van der Waals surface area contributed by atoms with E-state index in [0.717, 1.165) is 29.3 Å². The van der Waals surface area contributed by atoms with Gasteiger partial charge in [0.25, 0.3) is 5.91 Å². The van der Waals surface area contributed by atoms with Crippen LogP contribution in [0.4, 0.5) is 22.0 Å². The Morgan fingerprint density at radius 1 is 1.03 bits per heavy atom. The molecule has 32 heavy (non-hydrogen) atoms. The third kappa shape index (κ3) is 4.37. The molecule has 2 heterocycles. The maximum absolute atomic E-state index is 14.4. The van der Waals surface area contributed by atoms with Gasteiger partial charge in [0.15, 0.2) is 6.17 Å². The van der Waals surface area contributed by atoms with Crippen LogP contribution in [0.15, 0.2) is 70.8 Å². The number of amides is 1. The van der Waals surface area contributed by atoms with Crippen LogP contribution in [0.1, 0.15) is 30.0 Å². The van der Waals surface area contributed by atoms with Gasteiger partial charge < -0.3 is 0 Å². The van der Waals surface area contributed by atoms with Gasteiger partial charge in [0, 0.05) is 11.6 Å². The Hall–Kier alpha value is -3.62. The number of hydrazone groups is 1. The van der Waals surface area contributed by atoms with Gasteiger partial charge in [-0.1, -0.05) is 18.2 Å². The lowest BCUT2D eigenvalue weighted by molar-refractivity contribution is -0.137. The van der Waals surface area contributed by atoms with Crippen molar-refractivity contribution in [2.75, 3.05) is 0 Å². The minimum absolute atomic E-state index is 0.113. The number of hydrogen-bond donors (Lipinski definition) is 0. The average molecular weight is 445 g/mol. The van der Waals surface area contributed by atoms with E-state index in [-0.39, 0.29) is 17.7 Å². The Bertz CT molecular complexity index is 1190. The van der Waals surface area contributed by atoms with Crippen LogP contribution in [0, 0.1) is 11.6 Å². The topological polar surface area (TPSA) is 45.0 Å². The molecule has 1 atom stereocenters. The van der Waals surface area contributed by atoms with Gasteiger partial charge in [0.05, 0.1) is 23.4 Å². The minimum atomic E-state index is -4.48. The highest BCUT2D eigenvalue weighted by molar-refractivity contribution is 6.12. The first kappa shape index (κ1) is 21.6. The molecule has 1 amide bonds. The van der Waals surface area contributed by atoms with Crippen LogP contribution in [0.3, 0.4) is 0 Å². The summed E-state index contributed by atoms with van der Waals surface area (Å²) in [5.74, 6) is -1.92. The maximum atomic E-state index is 14.4. The molecular formula is C23H16F5N3O. The number of nitrogens with zero attached hydrogens (tertiary/aromatic N) is 3. The summed E-state index contributed by atoms with van der Waals surface area (Å²) in [5.41, 5.74) is 0.781. The first-order valence-electron chi connectivity index (χ1n) is 9.59. The lowest BCUT2D eigenvalue weighted by atomic mass is 10.00. The van der Waals surface area contributed by atoms with Crippen molar-refractivity contribution < 1.29 is 26.7 Å². The van der Waals surface area contributed by atoms with Crippen molar-refractivity contribution in [1.82, 2.24) is 5.01 Å². The zero-order valence-corrected chi connectivity index (χ0v) is 16.7. The predicted molar refractivity (Wildman–Crippen MR) is 110 cm³/mol. The molecule has 0 saturated carbocycles. The van der Waals surface area contributed by atoms with Crippen molar-refractivity contribution in [2.45, 2.75) is 25.7 Å². The minimum Gasteiger partial charge on any atom is -0.272 e. The molecule has 2 aliphatic heterocycles. The van der Waals surface area contributed by atoms with E-state index in [1.807, 2.05) is 0 Å². The van der Waals surface area contributed by atoms with Crippen molar-refractivity contribution in [1.29, 1.82) is 0 Å². The van der Waals surface area contributed by atoms with E-state index < -0.39 is 35.4 Å². The fourth-order valence-electron chi connectivity index (χ4n) is 3.42. The molecule has 9 heteroatoms. The van der Waals surface area contributed by atoms with E-state index in [9.17, 15) is 26.7 Å². The summed E-state index contributed by atoms with van der Waals surface area (Å²) in [6.45, 7) is 1.65. The summed E-state index contributed by atoms with van der Waals surface area (Å²) in [6.07, 6.45) is -0.908. The third-order valence-corrected chi connectivity index (χ3v) is 5.00. The second-order valence-electron chi connectivity index (χ2n) is 7.30. The van der Waals surface area contributed by atoms with Gasteiger partial charge in [0.2, 0.25) is 0 Å². The van der Waals surface area contributed by atoms with Crippen molar-refractivity contribution in [3.63, 3.8) is 0 Å². The Morgan fingerprint density at radius 2 is 1.75 bits per heavy atom. The van der Waals surface area contributed by atoms with E-state index >= 15 is 0 Å².